The van der Waals surface area contributed by atoms with Gasteiger partial charge >= 0.3 is 0 Å². The van der Waals surface area contributed by atoms with Crippen molar-refractivity contribution in [3.63, 3.8) is 0 Å². The molecule has 0 saturated carbocycles. The Kier molecular flexibility index (Phi) is 6.33. The van der Waals surface area contributed by atoms with Gasteiger partial charge in [-0.1, -0.05) is 17.7 Å². The second-order valence-corrected chi connectivity index (χ2v) is 7.65. The van der Waals surface area contributed by atoms with Gasteiger partial charge in [0.05, 0.1) is 18.7 Å². The van der Waals surface area contributed by atoms with Crippen LogP contribution in [0, 0.1) is 0 Å². The third kappa shape index (κ3) is 4.38. The molecule has 0 bridgehead atoms. The summed E-state index contributed by atoms with van der Waals surface area (Å²) in [5, 5.41) is 0.342. The van der Waals surface area contributed by atoms with Crippen LogP contribution in [0.15, 0.2) is 24.9 Å². The van der Waals surface area contributed by atoms with Gasteiger partial charge in [0.25, 0.3) is 0 Å². The van der Waals surface area contributed by atoms with Crippen LogP contribution in [0.25, 0.3) is 0 Å². The van der Waals surface area contributed by atoms with Crippen molar-refractivity contribution in [1.29, 1.82) is 0 Å². The maximum atomic E-state index is 12.3. The summed E-state index contributed by atoms with van der Waals surface area (Å²) in [5.74, 6) is 0.621. The highest BCUT2D eigenvalue weighted by Crippen LogP contribution is 2.33. The highest BCUT2D eigenvalue weighted by Gasteiger charge is 2.31. The van der Waals surface area contributed by atoms with Crippen molar-refractivity contribution in [2.75, 3.05) is 7.11 Å². The van der Waals surface area contributed by atoms with Crippen LogP contribution in [0.4, 0.5) is 0 Å². The van der Waals surface area contributed by atoms with E-state index in [4.69, 9.17) is 16.3 Å². The van der Waals surface area contributed by atoms with Crippen LogP contribution in [-0.4, -0.2) is 21.4 Å². The van der Waals surface area contributed by atoms with Crippen LogP contribution in [0.5, 0.6) is 5.75 Å². The van der Waals surface area contributed by atoms with Gasteiger partial charge in [0.15, 0.2) is 0 Å². The summed E-state index contributed by atoms with van der Waals surface area (Å²) in [6.45, 7) is 9.46. The first-order valence-corrected chi connectivity index (χ1v) is 7.81. The number of hydrogen-bond acceptors (Lipinski definition) is 4. The van der Waals surface area contributed by atoms with Crippen molar-refractivity contribution in [3.8, 4) is 5.75 Å². The fourth-order valence-corrected chi connectivity index (χ4v) is 2.73. The zero-order valence-corrected chi connectivity index (χ0v) is 13.8. The molecule has 0 fully saturated rings. The Morgan fingerprint density at radius 3 is 2.75 bits per heavy atom. The Labute approximate surface area is 128 Å². The predicted octanol–water partition coefficient (Wildman–Crippen LogP) is 3.41. The van der Waals surface area contributed by atoms with Crippen molar-refractivity contribution < 1.29 is 9.29 Å². The van der Waals surface area contributed by atoms with Gasteiger partial charge in [-0.05, 0) is 33.3 Å². The minimum Gasteiger partial charge on any atom is -0.598 e. The topological polar surface area (TPSA) is 57.2 Å². The largest absolute Gasteiger partial charge is 0.598 e. The molecule has 0 amide bonds. The molecule has 20 heavy (non-hydrogen) atoms. The number of methoxy groups -OCH3 is 1. The quantitative estimate of drug-likeness (QED) is 0.496. The number of nitrogens with one attached hydrogen (secondary N) is 1. The fraction of sp³-hybridized carbons (Fsp3) is 0.500. The fourth-order valence-electron chi connectivity index (χ4n) is 1.62. The van der Waals surface area contributed by atoms with Crippen molar-refractivity contribution in [2.45, 2.75) is 38.0 Å². The van der Waals surface area contributed by atoms with Gasteiger partial charge in [0, 0.05) is 17.6 Å². The minimum atomic E-state index is -1.23. The predicted molar refractivity (Wildman–Crippen MR) is 84.4 cm³/mol. The number of halogens is 1. The second kappa shape index (κ2) is 7.31. The molecule has 0 aromatic carbocycles. The second-order valence-electron chi connectivity index (χ2n) is 5.29. The normalized spacial score (nSPS) is 14.7. The highest BCUT2D eigenvalue weighted by atomic mass is 35.5. The summed E-state index contributed by atoms with van der Waals surface area (Å²) < 4.78 is 20.3. The van der Waals surface area contributed by atoms with E-state index in [0.29, 0.717) is 22.9 Å². The van der Waals surface area contributed by atoms with Crippen molar-refractivity contribution in [1.82, 2.24) is 9.71 Å². The Hall–Kier alpha value is -0.750. The first kappa shape index (κ1) is 17.3. The molecule has 0 aliphatic heterocycles. The van der Waals surface area contributed by atoms with E-state index in [1.807, 2.05) is 20.8 Å². The zero-order valence-electron chi connectivity index (χ0n) is 12.3. The number of pyridine rings is 1. The van der Waals surface area contributed by atoms with Crippen LogP contribution < -0.4 is 9.46 Å². The lowest BCUT2D eigenvalue weighted by Gasteiger charge is -2.28. The molecule has 1 unspecified atom stereocenters. The van der Waals surface area contributed by atoms with E-state index in [2.05, 4.69) is 16.3 Å². The molecular formula is C14H21ClN2O2S. The number of nitrogens with zero attached hydrogens (tertiary/aromatic N) is 1. The summed E-state index contributed by atoms with van der Waals surface area (Å²) in [4.78, 5) is 4.07. The lowest BCUT2D eigenvalue weighted by molar-refractivity contribution is 0.402. The molecule has 0 aliphatic carbocycles. The molecule has 0 saturated heterocycles. The summed E-state index contributed by atoms with van der Waals surface area (Å²) in [7, 11) is 1.57. The van der Waals surface area contributed by atoms with Crippen LogP contribution in [0.2, 0.25) is 5.15 Å². The number of ether oxygens (including phenoxy) is 1. The van der Waals surface area contributed by atoms with Crippen molar-refractivity contribution in [2.24, 2.45) is 0 Å². The van der Waals surface area contributed by atoms with Crippen molar-refractivity contribution in [3.05, 3.63) is 35.6 Å². The molecule has 1 heterocycles. The van der Waals surface area contributed by atoms with Gasteiger partial charge in [0.2, 0.25) is 0 Å². The Balaban J connectivity index is 3.11. The maximum absolute atomic E-state index is 12.3. The third-order valence-electron chi connectivity index (χ3n) is 2.68. The molecule has 6 heteroatoms. The van der Waals surface area contributed by atoms with Gasteiger partial charge in [-0.3, -0.25) is 0 Å². The Morgan fingerprint density at radius 1 is 1.60 bits per heavy atom. The first-order chi connectivity index (χ1) is 9.31. The molecule has 0 spiro atoms. The summed E-state index contributed by atoms with van der Waals surface area (Å²) in [6, 6.07) is 1.47. The SMILES string of the molecule is C=CC[C@@H](N[S+]([O-])C(C)(C)C)c1c(OC)ccnc1Cl. The van der Waals surface area contributed by atoms with E-state index in [1.54, 1.807) is 25.4 Å². The van der Waals surface area contributed by atoms with Gasteiger partial charge in [-0.15, -0.1) is 11.3 Å². The van der Waals surface area contributed by atoms with E-state index >= 15 is 0 Å². The molecule has 2 atom stereocenters. The van der Waals surface area contributed by atoms with Crippen LogP contribution in [-0.2, 0) is 11.4 Å². The molecule has 112 valence electrons. The molecular weight excluding hydrogens is 296 g/mol. The standard InChI is InChI=1S/C14H21ClN2O2S/c1-6-7-10(17-20(18)14(2,3)4)12-11(19-5)8-9-16-13(12)15/h6,8-10,17H,1,7H2,2-5H3/t10-,20?/m1/s1. The third-order valence-corrected chi connectivity index (χ3v) is 4.59. The molecule has 1 rings (SSSR count). The molecule has 1 aromatic rings. The molecule has 0 aliphatic rings. The molecule has 1 N–H and O–H groups in total. The van der Waals surface area contributed by atoms with Gasteiger partial charge in [-0.2, -0.15) is 0 Å². The monoisotopic (exact) mass is 316 g/mol. The Bertz CT molecular complexity index is 463. The van der Waals surface area contributed by atoms with E-state index in [-0.39, 0.29) is 10.8 Å². The highest BCUT2D eigenvalue weighted by molar-refractivity contribution is 7.90. The van der Waals surface area contributed by atoms with Gasteiger partial charge in [0.1, 0.15) is 15.6 Å². The lowest BCUT2D eigenvalue weighted by atomic mass is 10.1. The van der Waals surface area contributed by atoms with Crippen LogP contribution >= 0.6 is 11.6 Å². The lowest BCUT2D eigenvalue weighted by Crippen LogP contribution is -2.41. The Morgan fingerprint density at radius 2 is 2.25 bits per heavy atom. The van der Waals surface area contributed by atoms with E-state index in [1.165, 1.54) is 0 Å². The average molecular weight is 317 g/mol. The summed E-state index contributed by atoms with van der Waals surface area (Å²) in [5.41, 5.74) is 0.703. The molecule has 0 radical (unpaired) electrons. The van der Waals surface area contributed by atoms with E-state index in [0.717, 1.165) is 0 Å². The summed E-state index contributed by atoms with van der Waals surface area (Å²) >= 11 is 4.94. The van der Waals surface area contributed by atoms with E-state index < -0.39 is 11.4 Å². The number of aromatic nitrogens is 1. The minimum absolute atomic E-state index is 0.260. The van der Waals surface area contributed by atoms with Gasteiger partial charge < -0.3 is 9.29 Å². The molecule has 4 nitrogen and oxygen atoms in total. The average Bonchev–Trinajstić information content (AvgIpc) is 2.36. The van der Waals surface area contributed by atoms with Crippen LogP contribution in [0.3, 0.4) is 0 Å². The summed E-state index contributed by atoms with van der Waals surface area (Å²) in [6.07, 6.45) is 3.90. The number of hydrogen-bond donors (Lipinski definition) is 1. The van der Waals surface area contributed by atoms with Crippen molar-refractivity contribution >= 4 is 23.0 Å². The smallest absolute Gasteiger partial charge is 0.137 e. The first-order valence-electron chi connectivity index (χ1n) is 6.28. The maximum Gasteiger partial charge on any atom is 0.137 e. The zero-order chi connectivity index (χ0) is 15.3. The van der Waals surface area contributed by atoms with E-state index in [9.17, 15) is 4.55 Å². The van der Waals surface area contributed by atoms with Gasteiger partial charge in [-0.25, -0.2) is 4.98 Å². The number of rotatable bonds is 6. The van der Waals surface area contributed by atoms with Crippen LogP contribution in [0.1, 0.15) is 38.8 Å². The molecule has 1 aromatic heterocycles.